The van der Waals surface area contributed by atoms with Gasteiger partial charge in [-0.25, -0.2) is 9.97 Å². The summed E-state index contributed by atoms with van der Waals surface area (Å²) in [5.74, 6) is 0.402. The molecular weight excluding hydrogens is 178 g/mol. The molecule has 0 aromatic carbocycles. The predicted octanol–water partition coefficient (Wildman–Crippen LogP) is 0.903. The van der Waals surface area contributed by atoms with Gasteiger partial charge < -0.3 is 10.5 Å². The first-order valence-corrected chi connectivity index (χ1v) is 4.97. The molecule has 1 aliphatic rings. The normalized spacial score (nSPS) is 24.5. The fourth-order valence-electron chi connectivity index (χ4n) is 1.79. The van der Waals surface area contributed by atoms with Crippen LogP contribution in [0.2, 0.25) is 0 Å². The van der Waals surface area contributed by atoms with Gasteiger partial charge in [-0.15, -0.1) is 0 Å². The minimum atomic E-state index is -0.0155. The third-order valence-corrected chi connectivity index (χ3v) is 2.65. The first-order valence-electron chi connectivity index (χ1n) is 4.97. The topological polar surface area (TPSA) is 61.0 Å². The largest absolute Gasteiger partial charge is 0.381 e. The van der Waals surface area contributed by atoms with E-state index in [9.17, 15) is 0 Å². The van der Waals surface area contributed by atoms with Crippen LogP contribution in [0, 0.1) is 5.92 Å². The SMILES string of the molecule is NC(c1ccncn1)C1CCCOC1. The summed E-state index contributed by atoms with van der Waals surface area (Å²) < 4.78 is 5.40. The zero-order valence-corrected chi connectivity index (χ0v) is 8.10. The number of aromatic nitrogens is 2. The molecule has 1 saturated heterocycles. The van der Waals surface area contributed by atoms with Crippen molar-refractivity contribution in [3.05, 3.63) is 24.3 Å². The summed E-state index contributed by atoms with van der Waals surface area (Å²) in [4.78, 5) is 8.04. The summed E-state index contributed by atoms with van der Waals surface area (Å²) in [5.41, 5.74) is 7.01. The Balaban J connectivity index is 2.03. The van der Waals surface area contributed by atoms with Gasteiger partial charge in [-0.1, -0.05) is 0 Å². The smallest absolute Gasteiger partial charge is 0.115 e. The summed E-state index contributed by atoms with van der Waals surface area (Å²) in [5, 5.41) is 0. The van der Waals surface area contributed by atoms with E-state index in [4.69, 9.17) is 10.5 Å². The van der Waals surface area contributed by atoms with Crippen LogP contribution in [0.1, 0.15) is 24.6 Å². The zero-order chi connectivity index (χ0) is 9.80. The van der Waals surface area contributed by atoms with Gasteiger partial charge in [-0.05, 0) is 18.9 Å². The number of hydrogen-bond donors (Lipinski definition) is 1. The standard InChI is InChI=1S/C10H15N3O/c11-10(8-2-1-5-14-6-8)9-3-4-12-7-13-9/h3-4,7-8,10H,1-2,5-6,11H2. The van der Waals surface area contributed by atoms with Gasteiger partial charge in [0.2, 0.25) is 0 Å². The summed E-state index contributed by atoms with van der Waals surface area (Å²) in [6.45, 7) is 1.62. The van der Waals surface area contributed by atoms with Crippen molar-refractivity contribution >= 4 is 0 Å². The maximum Gasteiger partial charge on any atom is 0.115 e. The lowest BCUT2D eigenvalue weighted by atomic mass is 9.92. The van der Waals surface area contributed by atoms with Gasteiger partial charge in [0.15, 0.2) is 0 Å². The van der Waals surface area contributed by atoms with Crippen LogP contribution in [0.3, 0.4) is 0 Å². The highest BCUT2D eigenvalue weighted by atomic mass is 16.5. The number of nitrogens with two attached hydrogens (primary N) is 1. The fourth-order valence-corrected chi connectivity index (χ4v) is 1.79. The van der Waals surface area contributed by atoms with Gasteiger partial charge in [0.25, 0.3) is 0 Å². The van der Waals surface area contributed by atoms with E-state index in [2.05, 4.69) is 9.97 Å². The third-order valence-electron chi connectivity index (χ3n) is 2.65. The number of ether oxygens (including phenoxy) is 1. The van der Waals surface area contributed by atoms with Crippen LogP contribution in [0.5, 0.6) is 0 Å². The van der Waals surface area contributed by atoms with E-state index in [1.54, 1.807) is 12.5 Å². The number of rotatable bonds is 2. The maximum absolute atomic E-state index is 6.10. The van der Waals surface area contributed by atoms with E-state index < -0.39 is 0 Å². The fraction of sp³-hybridized carbons (Fsp3) is 0.600. The molecule has 0 amide bonds. The van der Waals surface area contributed by atoms with Gasteiger partial charge in [0.05, 0.1) is 18.3 Å². The maximum atomic E-state index is 6.10. The molecule has 2 heterocycles. The van der Waals surface area contributed by atoms with E-state index in [1.165, 1.54) is 0 Å². The molecule has 0 saturated carbocycles. The van der Waals surface area contributed by atoms with E-state index in [-0.39, 0.29) is 6.04 Å². The Hall–Kier alpha value is -1.00. The molecule has 0 spiro atoms. The van der Waals surface area contributed by atoms with E-state index in [0.29, 0.717) is 5.92 Å². The van der Waals surface area contributed by atoms with Gasteiger partial charge >= 0.3 is 0 Å². The van der Waals surface area contributed by atoms with Gasteiger partial charge in [0, 0.05) is 18.7 Å². The molecule has 76 valence electrons. The summed E-state index contributed by atoms with van der Waals surface area (Å²) in [6.07, 6.45) is 5.50. The highest BCUT2D eigenvalue weighted by Crippen LogP contribution is 2.24. The van der Waals surface area contributed by atoms with Crippen molar-refractivity contribution in [2.24, 2.45) is 11.7 Å². The lowest BCUT2D eigenvalue weighted by molar-refractivity contribution is 0.0442. The van der Waals surface area contributed by atoms with Crippen LogP contribution < -0.4 is 5.73 Å². The summed E-state index contributed by atoms with van der Waals surface area (Å²) in [7, 11) is 0. The summed E-state index contributed by atoms with van der Waals surface area (Å²) in [6, 6.07) is 1.86. The molecule has 2 atom stereocenters. The molecule has 1 aliphatic heterocycles. The molecule has 0 aliphatic carbocycles. The highest BCUT2D eigenvalue weighted by Gasteiger charge is 2.22. The van der Waals surface area contributed by atoms with Gasteiger partial charge in [-0.2, -0.15) is 0 Å². The molecule has 2 N–H and O–H groups in total. The van der Waals surface area contributed by atoms with Crippen LogP contribution in [0.4, 0.5) is 0 Å². The lowest BCUT2D eigenvalue weighted by Crippen LogP contribution is -2.29. The van der Waals surface area contributed by atoms with Crippen LogP contribution in [-0.4, -0.2) is 23.2 Å². The van der Waals surface area contributed by atoms with Crippen molar-refractivity contribution in [3.63, 3.8) is 0 Å². The van der Waals surface area contributed by atoms with Crippen molar-refractivity contribution in [2.75, 3.05) is 13.2 Å². The lowest BCUT2D eigenvalue weighted by Gasteiger charge is -2.26. The zero-order valence-electron chi connectivity index (χ0n) is 8.10. The van der Waals surface area contributed by atoms with Gasteiger partial charge in [0.1, 0.15) is 6.33 Å². The Bertz CT molecular complexity index is 272. The van der Waals surface area contributed by atoms with Crippen molar-refractivity contribution < 1.29 is 4.74 Å². The Labute approximate surface area is 83.5 Å². The van der Waals surface area contributed by atoms with Crippen LogP contribution in [0.25, 0.3) is 0 Å². The van der Waals surface area contributed by atoms with E-state index >= 15 is 0 Å². The first kappa shape index (κ1) is 9.55. The van der Waals surface area contributed by atoms with Crippen LogP contribution >= 0.6 is 0 Å². The molecule has 0 bridgehead atoms. The summed E-state index contributed by atoms with van der Waals surface area (Å²) >= 11 is 0. The quantitative estimate of drug-likeness (QED) is 0.758. The predicted molar refractivity (Wildman–Crippen MR) is 52.5 cm³/mol. The number of hydrogen-bond acceptors (Lipinski definition) is 4. The van der Waals surface area contributed by atoms with Crippen molar-refractivity contribution in [1.29, 1.82) is 0 Å². The molecule has 14 heavy (non-hydrogen) atoms. The molecule has 0 radical (unpaired) electrons. The Morgan fingerprint density at radius 3 is 3.14 bits per heavy atom. The van der Waals surface area contributed by atoms with E-state index in [0.717, 1.165) is 31.7 Å². The second kappa shape index (κ2) is 4.48. The Morgan fingerprint density at radius 1 is 1.57 bits per heavy atom. The first-order chi connectivity index (χ1) is 6.88. The minimum Gasteiger partial charge on any atom is -0.381 e. The monoisotopic (exact) mass is 193 g/mol. The highest BCUT2D eigenvalue weighted by molar-refractivity contribution is 5.05. The van der Waals surface area contributed by atoms with Crippen LogP contribution in [-0.2, 0) is 4.74 Å². The molecule has 1 fully saturated rings. The van der Waals surface area contributed by atoms with Crippen LogP contribution in [0.15, 0.2) is 18.6 Å². The number of nitrogens with zero attached hydrogens (tertiary/aromatic N) is 2. The average molecular weight is 193 g/mol. The molecule has 1 aromatic heterocycles. The molecule has 2 unspecified atom stereocenters. The third kappa shape index (κ3) is 2.08. The van der Waals surface area contributed by atoms with Crippen molar-refractivity contribution in [3.8, 4) is 0 Å². The Kier molecular flexibility index (Phi) is 3.06. The second-order valence-electron chi connectivity index (χ2n) is 3.64. The molecule has 4 nitrogen and oxygen atoms in total. The van der Waals surface area contributed by atoms with E-state index in [1.807, 2.05) is 6.07 Å². The van der Waals surface area contributed by atoms with Gasteiger partial charge in [-0.3, -0.25) is 0 Å². The minimum absolute atomic E-state index is 0.0155. The van der Waals surface area contributed by atoms with Crippen molar-refractivity contribution in [1.82, 2.24) is 9.97 Å². The Morgan fingerprint density at radius 2 is 2.50 bits per heavy atom. The molecular formula is C10H15N3O. The molecule has 4 heteroatoms. The van der Waals surface area contributed by atoms with Crippen molar-refractivity contribution in [2.45, 2.75) is 18.9 Å². The second-order valence-corrected chi connectivity index (χ2v) is 3.64. The molecule has 1 aromatic rings. The average Bonchev–Trinajstić information content (AvgIpc) is 2.30. The molecule has 2 rings (SSSR count).